The van der Waals surface area contributed by atoms with Crippen LogP contribution in [0, 0.1) is 0 Å². The molecule has 4 aromatic rings. The van der Waals surface area contributed by atoms with E-state index in [4.69, 9.17) is 19.6 Å². The van der Waals surface area contributed by atoms with Gasteiger partial charge in [-0.25, -0.2) is 9.67 Å². The number of aromatic nitrogens is 4. The summed E-state index contributed by atoms with van der Waals surface area (Å²) in [5, 5.41) is 10.9. The van der Waals surface area contributed by atoms with E-state index < -0.39 is 6.04 Å². The van der Waals surface area contributed by atoms with Crippen molar-refractivity contribution in [1.29, 1.82) is 0 Å². The first-order chi connectivity index (χ1) is 17.1. The Morgan fingerprint density at radius 1 is 1.03 bits per heavy atom. The van der Waals surface area contributed by atoms with E-state index in [0.29, 0.717) is 45.9 Å². The number of carbonyl (C=O) groups is 1. The van der Waals surface area contributed by atoms with Gasteiger partial charge in [-0.2, -0.15) is 4.98 Å². The van der Waals surface area contributed by atoms with Gasteiger partial charge >= 0.3 is 0 Å². The summed E-state index contributed by atoms with van der Waals surface area (Å²) in [4.78, 5) is 22.6. The fraction of sp³-hybridized carbons (Fsp3) is 0.154. The smallest absolute Gasteiger partial charge is 0.257 e. The number of nitrogens with one attached hydrogen (secondary N) is 2. The number of allylic oxidation sites excluding steroid dienone is 1. The molecule has 2 N–H and O–H groups in total. The number of nitrogens with zero attached hydrogens (tertiary/aromatic N) is 4. The molecule has 0 bridgehead atoms. The molecule has 9 nitrogen and oxygen atoms in total. The van der Waals surface area contributed by atoms with Gasteiger partial charge in [-0.15, -0.1) is 5.10 Å². The maximum Gasteiger partial charge on any atom is 0.257 e. The summed E-state index contributed by atoms with van der Waals surface area (Å²) in [7, 11) is 3.19. The second kappa shape index (κ2) is 9.30. The highest BCUT2D eigenvalue weighted by atomic mass is 16.5. The Labute approximate surface area is 202 Å². The van der Waals surface area contributed by atoms with Gasteiger partial charge in [-0.1, -0.05) is 36.4 Å². The molecule has 5 rings (SSSR count). The first-order valence-electron chi connectivity index (χ1n) is 11.0. The molecule has 0 radical (unpaired) electrons. The molecule has 176 valence electrons. The van der Waals surface area contributed by atoms with Crippen molar-refractivity contribution < 1.29 is 14.3 Å². The third-order valence-corrected chi connectivity index (χ3v) is 5.77. The standard InChI is InChI=1S/C26H24N6O3/c1-16-22(25(33)29-21-11-7-8-14-27-21)23(19-15-18(34-2)12-13-20(19)35-3)32-26(28-16)30-24(31-32)17-9-5-4-6-10-17/h4-15,23H,1-3H3,(H,27,29,33)(H,28,30,31)/t23-/m0/s1. The van der Waals surface area contributed by atoms with E-state index in [2.05, 4.69) is 15.6 Å². The third-order valence-electron chi connectivity index (χ3n) is 5.77. The fourth-order valence-corrected chi connectivity index (χ4v) is 4.12. The second-order valence-corrected chi connectivity index (χ2v) is 7.91. The normalized spacial score (nSPS) is 14.7. The number of hydrogen-bond acceptors (Lipinski definition) is 7. The van der Waals surface area contributed by atoms with E-state index in [1.807, 2.05) is 61.5 Å². The number of carbonyl (C=O) groups excluding carboxylic acids is 1. The van der Waals surface area contributed by atoms with E-state index in [-0.39, 0.29) is 5.91 Å². The van der Waals surface area contributed by atoms with Crippen LogP contribution in [0.2, 0.25) is 0 Å². The summed E-state index contributed by atoms with van der Waals surface area (Å²) < 4.78 is 12.9. The largest absolute Gasteiger partial charge is 0.497 e. The molecule has 9 heteroatoms. The SMILES string of the molecule is COc1ccc(OC)c([C@H]2C(C(=O)Nc3ccccn3)=C(C)Nc3nc(-c4ccccc4)nn32)c1. The molecular weight excluding hydrogens is 444 g/mol. The molecule has 1 aliphatic rings. The van der Waals surface area contributed by atoms with Crippen molar-refractivity contribution in [1.82, 2.24) is 19.7 Å². The van der Waals surface area contributed by atoms with Crippen LogP contribution in [0.4, 0.5) is 11.8 Å². The van der Waals surface area contributed by atoms with E-state index >= 15 is 0 Å². The molecule has 0 saturated carbocycles. The molecule has 2 aromatic heterocycles. The number of rotatable bonds is 6. The predicted molar refractivity (Wildman–Crippen MR) is 132 cm³/mol. The summed E-state index contributed by atoms with van der Waals surface area (Å²) in [6.45, 7) is 1.84. The van der Waals surface area contributed by atoms with Crippen LogP contribution >= 0.6 is 0 Å². The van der Waals surface area contributed by atoms with Crippen molar-refractivity contribution in [3.05, 3.63) is 89.8 Å². The number of amides is 1. The highest BCUT2D eigenvalue weighted by Gasteiger charge is 2.36. The molecule has 1 atom stereocenters. The van der Waals surface area contributed by atoms with Gasteiger partial charge in [-0.05, 0) is 37.3 Å². The van der Waals surface area contributed by atoms with Gasteiger partial charge in [0.25, 0.3) is 5.91 Å². The monoisotopic (exact) mass is 468 g/mol. The van der Waals surface area contributed by atoms with Crippen LogP contribution in [0.25, 0.3) is 11.4 Å². The maximum absolute atomic E-state index is 13.6. The van der Waals surface area contributed by atoms with Crippen LogP contribution < -0.4 is 20.1 Å². The number of benzene rings is 2. The average molecular weight is 469 g/mol. The van der Waals surface area contributed by atoms with Crippen LogP contribution in [-0.2, 0) is 4.79 Å². The Kier molecular flexibility index (Phi) is 5.88. The van der Waals surface area contributed by atoms with Crippen molar-refractivity contribution in [3.63, 3.8) is 0 Å². The molecule has 0 fully saturated rings. The summed E-state index contributed by atoms with van der Waals surface area (Å²) >= 11 is 0. The number of ether oxygens (including phenoxy) is 2. The van der Waals surface area contributed by atoms with Gasteiger partial charge in [0.15, 0.2) is 5.82 Å². The van der Waals surface area contributed by atoms with Crippen molar-refractivity contribution >= 4 is 17.7 Å². The van der Waals surface area contributed by atoms with Crippen LogP contribution in [-0.4, -0.2) is 39.9 Å². The van der Waals surface area contributed by atoms with Crippen molar-refractivity contribution in [2.75, 3.05) is 24.9 Å². The molecule has 0 aliphatic carbocycles. The first-order valence-corrected chi connectivity index (χ1v) is 11.0. The highest BCUT2D eigenvalue weighted by molar-refractivity contribution is 6.05. The number of pyridine rings is 1. The highest BCUT2D eigenvalue weighted by Crippen LogP contribution is 2.41. The van der Waals surface area contributed by atoms with Gasteiger partial charge in [0, 0.05) is 23.0 Å². The van der Waals surface area contributed by atoms with Gasteiger partial charge in [0.05, 0.1) is 19.8 Å². The Balaban J connectivity index is 1.67. The van der Waals surface area contributed by atoms with Gasteiger partial charge in [0.2, 0.25) is 5.95 Å². The summed E-state index contributed by atoms with van der Waals surface area (Å²) in [6, 6.07) is 19.9. The Bertz CT molecular complexity index is 1400. The minimum absolute atomic E-state index is 0.314. The van der Waals surface area contributed by atoms with Gasteiger partial charge in [0.1, 0.15) is 23.4 Å². The summed E-state index contributed by atoms with van der Waals surface area (Å²) in [5.74, 6) is 2.42. The Morgan fingerprint density at radius 3 is 2.54 bits per heavy atom. The van der Waals surface area contributed by atoms with Crippen molar-refractivity contribution in [2.45, 2.75) is 13.0 Å². The van der Waals surface area contributed by atoms with Crippen molar-refractivity contribution in [3.8, 4) is 22.9 Å². The quantitative estimate of drug-likeness (QED) is 0.435. The van der Waals surface area contributed by atoms with Crippen LogP contribution in [0.5, 0.6) is 11.5 Å². The lowest BCUT2D eigenvalue weighted by molar-refractivity contribution is -0.113. The zero-order valence-corrected chi connectivity index (χ0v) is 19.5. The molecule has 35 heavy (non-hydrogen) atoms. The number of methoxy groups -OCH3 is 2. The zero-order chi connectivity index (χ0) is 24.4. The lowest BCUT2D eigenvalue weighted by atomic mass is 9.94. The predicted octanol–water partition coefficient (Wildman–Crippen LogP) is 4.28. The van der Waals surface area contributed by atoms with E-state index in [1.165, 1.54) is 0 Å². The number of anilines is 2. The van der Waals surface area contributed by atoms with Crippen molar-refractivity contribution in [2.24, 2.45) is 0 Å². The summed E-state index contributed by atoms with van der Waals surface area (Å²) in [6.07, 6.45) is 1.63. The van der Waals surface area contributed by atoms with E-state index in [9.17, 15) is 4.79 Å². The van der Waals surface area contributed by atoms with Crippen LogP contribution in [0.3, 0.4) is 0 Å². The molecular formula is C26H24N6O3. The fourth-order valence-electron chi connectivity index (χ4n) is 4.12. The summed E-state index contributed by atoms with van der Waals surface area (Å²) in [5.41, 5.74) is 2.68. The molecule has 2 aromatic carbocycles. The van der Waals surface area contributed by atoms with Crippen LogP contribution in [0.1, 0.15) is 18.5 Å². The molecule has 3 heterocycles. The maximum atomic E-state index is 13.6. The lowest BCUT2D eigenvalue weighted by Crippen LogP contribution is -2.32. The lowest BCUT2D eigenvalue weighted by Gasteiger charge is -2.29. The number of hydrogen-bond donors (Lipinski definition) is 2. The Hall–Kier alpha value is -4.66. The van der Waals surface area contributed by atoms with E-state index in [0.717, 1.165) is 5.56 Å². The molecule has 0 unspecified atom stereocenters. The topological polar surface area (TPSA) is 103 Å². The average Bonchev–Trinajstić information content (AvgIpc) is 3.32. The molecule has 0 saturated heterocycles. The minimum Gasteiger partial charge on any atom is -0.497 e. The molecule has 1 aliphatic heterocycles. The number of fused-ring (bicyclic) bond motifs is 1. The second-order valence-electron chi connectivity index (χ2n) is 7.91. The van der Waals surface area contributed by atoms with E-state index in [1.54, 1.807) is 37.2 Å². The molecule has 0 spiro atoms. The molecule has 1 amide bonds. The Morgan fingerprint density at radius 2 is 1.83 bits per heavy atom. The van der Waals surface area contributed by atoms with Crippen LogP contribution in [0.15, 0.2) is 84.2 Å². The zero-order valence-electron chi connectivity index (χ0n) is 19.5. The minimum atomic E-state index is -0.634. The first kappa shape index (κ1) is 22.1. The third kappa shape index (κ3) is 4.19. The van der Waals surface area contributed by atoms with Gasteiger partial charge < -0.3 is 20.1 Å². The van der Waals surface area contributed by atoms with Gasteiger partial charge in [-0.3, -0.25) is 4.79 Å².